The third-order valence-corrected chi connectivity index (χ3v) is 7.55. The summed E-state index contributed by atoms with van der Waals surface area (Å²) in [6.07, 6.45) is 7.81. The lowest BCUT2D eigenvalue weighted by Gasteiger charge is -2.59. The Balaban J connectivity index is 1.37. The minimum atomic E-state index is -0.134. The number of halogens is 1. The molecule has 0 aliphatic heterocycles. The van der Waals surface area contributed by atoms with Gasteiger partial charge in [0.15, 0.2) is 11.5 Å². The van der Waals surface area contributed by atoms with Crippen LogP contribution < -0.4 is 14.8 Å². The average molecular weight is 422 g/mol. The Morgan fingerprint density at radius 3 is 2.46 bits per heavy atom. The molecule has 0 heterocycles. The molecule has 4 aliphatic carbocycles. The van der Waals surface area contributed by atoms with Gasteiger partial charge in [-0.05, 0) is 74.5 Å². The van der Waals surface area contributed by atoms with Gasteiger partial charge in [-0.1, -0.05) is 22.0 Å². The third-order valence-electron chi connectivity index (χ3n) is 6.62. The van der Waals surface area contributed by atoms with E-state index in [9.17, 15) is 4.79 Å². The highest BCUT2D eigenvalue weighted by molar-refractivity contribution is 9.10. The van der Waals surface area contributed by atoms with E-state index in [4.69, 9.17) is 9.47 Å². The Labute approximate surface area is 164 Å². The van der Waals surface area contributed by atoms with Crippen LogP contribution in [0.3, 0.4) is 0 Å². The predicted molar refractivity (Wildman–Crippen MR) is 105 cm³/mol. The van der Waals surface area contributed by atoms with Crippen LogP contribution in [0.15, 0.2) is 18.2 Å². The van der Waals surface area contributed by atoms with Crippen LogP contribution in [-0.4, -0.2) is 31.0 Å². The Hall–Kier alpha value is -1.23. The lowest BCUT2D eigenvalue weighted by Crippen LogP contribution is -2.58. The van der Waals surface area contributed by atoms with Crippen molar-refractivity contribution in [1.29, 1.82) is 0 Å². The minimum absolute atomic E-state index is 0.134. The van der Waals surface area contributed by atoms with E-state index in [0.29, 0.717) is 6.54 Å². The zero-order valence-electron chi connectivity index (χ0n) is 15.6. The van der Waals surface area contributed by atoms with Crippen molar-refractivity contribution in [3.63, 3.8) is 0 Å². The molecule has 2 unspecified atom stereocenters. The van der Waals surface area contributed by atoms with Crippen molar-refractivity contribution in [1.82, 2.24) is 5.32 Å². The molecule has 4 nitrogen and oxygen atoms in total. The summed E-state index contributed by atoms with van der Waals surface area (Å²) in [7, 11) is 3.28. The van der Waals surface area contributed by atoms with Crippen molar-refractivity contribution in [3.8, 4) is 11.5 Å². The summed E-state index contributed by atoms with van der Waals surface area (Å²) in [6, 6.07) is 5.94. The summed E-state index contributed by atoms with van der Waals surface area (Å²) >= 11 is 3.99. The second-order valence-electron chi connectivity index (χ2n) is 8.59. The molecule has 2 atom stereocenters. The van der Waals surface area contributed by atoms with Gasteiger partial charge in [-0.25, -0.2) is 0 Å². The molecule has 0 radical (unpaired) electrons. The number of rotatable bonds is 6. The molecule has 5 heteroatoms. The Morgan fingerprint density at radius 1 is 1.15 bits per heavy atom. The maximum absolute atomic E-state index is 13.1. The summed E-state index contributed by atoms with van der Waals surface area (Å²) in [4.78, 5) is 13.1. The number of ether oxygens (including phenoxy) is 2. The fourth-order valence-corrected chi connectivity index (χ4v) is 7.41. The molecule has 0 aromatic heterocycles. The number of carbonyl (C=O) groups excluding carboxylic acids is 1. The predicted octanol–water partition coefficient (Wildman–Crippen LogP) is 4.10. The molecule has 26 heavy (non-hydrogen) atoms. The first-order valence-corrected chi connectivity index (χ1v) is 10.4. The number of hydrogen-bond donors (Lipinski definition) is 1. The maximum atomic E-state index is 13.1. The van der Waals surface area contributed by atoms with E-state index >= 15 is 0 Å². The van der Waals surface area contributed by atoms with Gasteiger partial charge in [-0.3, -0.25) is 4.79 Å². The zero-order chi connectivity index (χ0) is 18.4. The Kier molecular flexibility index (Phi) is 4.70. The van der Waals surface area contributed by atoms with Gasteiger partial charge in [0.25, 0.3) is 0 Å². The van der Waals surface area contributed by atoms with E-state index in [-0.39, 0.29) is 15.6 Å². The van der Waals surface area contributed by atoms with Gasteiger partial charge < -0.3 is 14.8 Å². The Bertz CT molecular complexity index is 690. The molecule has 4 fully saturated rings. The normalized spacial score (nSPS) is 34.6. The first-order chi connectivity index (χ1) is 12.5. The molecule has 0 saturated heterocycles. The van der Waals surface area contributed by atoms with Gasteiger partial charge >= 0.3 is 0 Å². The summed E-state index contributed by atoms with van der Waals surface area (Å²) in [6.45, 7) is 0.667. The number of carbonyl (C=O) groups is 1. The monoisotopic (exact) mass is 421 g/mol. The van der Waals surface area contributed by atoms with Crippen molar-refractivity contribution >= 4 is 21.8 Å². The largest absolute Gasteiger partial charge is 0.493 e. The number of nitrogens with one attached hydrogen (secondary N) is 1. The van der Waals surface area contributed by atoms with Crippen molar-refractivity contribution in [2.45, 2.75) is 49.3 Å². The first-order valence-electron chi connectivity index (χ1n) is 9.63. The molecule has 1 aromatic rings. The van der Waals surface area contributed by atoms with E-state index in [1.165, 1.54) is 19.3 Å². The van der Waals surface area contributed by atoms with Crippen molar-refractivity contribution in [2.75, 3.05) is 20.8 Å². The molecule has 5 rings (SSSR count). The van der Waals surface area contributed by atoms with E-state index in [1.807, 2.05) is 18.2 Å². The number of amides is 1. The Morgan fingerprint density at radius 2 is 1.85 bits per heavy atom. The third kappa shape index (κ3) is 3.23. The van der Waals surface area contributed by atoms with E-state index in [0.717, 1.165) is 54.6 Å². The number of alkyl halides is 1. The molecule has 4 bridgehead atoms. The highest BCUT2D eigenvalue weighted by atomic mass is 79.9. The van der Waals surface area contributed by atoms with Crippen LogP contribution in [0, 0.1) is 17.3 Å². The van der Waals surface area contributed by atoms with Crippen molar-refractivity contribution in [2.24, 2.45) is 17.3 Å². The average Bonchev–Trinajstić information content (AvgIpc) is 2.59. The number of methoxy groups -OCH3 is 2. The van der Waals surface area contributed by atoms with Crippen LogP contribution in [0.2, 0.25) is 0 Å². The second kappa shape index (κ2) is 6.74. The lowest BCUT2D eigenvalue weighted by atomic mass is 9.49. The maximum Gasteiger partial charge on any atom is 0.226 e. The topological polar surface area (TPSA) is 47.6 Å². The second-order valence-corrected chi connectivity index (χ2v) is 10.3. The summed E-state index contributed by atoms with van der Waals surface area (Å²) in [5.74, 6) is 3.20. The van der Waals surface area contributed by atoms with Gasteiger partial charge in [0.05, 0.1) is 19.6 Å². The SMILES string of the molecule is COc1ccc(CCNC(=O)C23CC4CC(CC(Br)(C4)C2)C3)cc1OC. The van der Waals surface area contributed by atoms with Gasteiger partial charge in [0.2, 0.25) is 5.91 Å². The van der Waals surface area contributed by atoms with E-state index < -0.39 is 0 Å². The highest BCUT2D eigenvalue weighted by Gasteiger charge is 2.59. The molecule has 1 amide bonds. The van der Waals surface area contributed by atoms with Crippen LogP contribution in [0.1, 0.15) is 44.1 Å². The quantitative estimate of drug-likeness (QED) is 0.703. The van der Waals surface area contributed by atoms with Gasteiger partial charge in [-0.2, -0.15) is 0 Å². The molecule has 4 aliphatic rings. The van der Waals surface area contributed by atoms with Crippen LogP contribution >= 0.6 is 15.9 Å². The molecular formula is C21H28BrNO3. The smallest absolute Gasteiger partial charge is 0.226 e. The van der Waals surface area contributed by atoms with Crippen LogP contribution in [0.5, 0.6) is 11.5 Å². The van der Waals surface area contributed by atoms with Gasteiger partial charge in [0, 0.05) is 10.9 Å². The summed E-state index contributed by atoms with van der Waals surface area (Å²) in [5, 5.41) is 3.24. The zero-order valence-corrected chi connectivity index (χ0v) is 17.2. The fourth-order valence-electron chi connectivity index (χ4n) is 5.96. The molecular weight excluding hydrogens is 394 g/mol. The highest BCUT2D eigenvalue weighted by Crippen LogP contribution is 2.64. The summed E-state index contributed by atoms with van der Waals surface area (Å²) < 4.78 is 10.9. The number of benzene rings is 1. The standard InChI is InChI=1S/C21H28BrNO3/c1-25-17-4-3-14(8-18(17)26-2)5-6-23-19(24)20-9-15-7-16(10-20)12-21(22,11-15)13-20/h3-4,8,15-16H,5-7,9-13H2,1-2H3,(H,23,24). The van der Waals surface area contributed by atoms with Gasteiger partial charge in [0.1, 0.15) is 0 Å². The van der Waals surface area contributed by atoms with Crippen LogP contribution in [0.25, 0.3) is 0 Å². The fraction of sp³-hybridized carbons (Fsp3) is 0.667. The van der Waals surface area contributed by atoms with Crippen molar-refractivity contribution < 1.29 is 14.3 Å². The van der Waals surface area contributed by atoms with Crippen LogP contribution in [-0.2, 0) is 11.2 Å². The molecule has 1 aromatic carbocycles. The molecule has 4 saturated carbocycles. The minimum Gasteiger partial charge on any atom is -0.493 e. The van der Waals surface area contributed by atoms with E-state index in [2.05, 4.69) is 21.2 Å². The lowest BCUT2D eigenvalue weighted by molar-refractivity contribution is -0.143. The van der Waals surface area contributed by atoms with Crippen LogP contribution in [0.4, 0.5) is 0 Å². The van der Waals surface area contributed by atoms with Gasteiger partial charge in [-0.15, -0.1) is 0 Å². The molecule has 142 valence electrons. The molecule has 1 N–H and O–H groups in total. The summed E-state index contributed by atoms with van der Waals surface area (Å²) in [5.41, 5.74) is 1.01. The van der Waals surface area contributed by atoms with E-state index in [1.54, 1.807) is 14.2 Å². The number of hydrogen-bond acceptors (Lipinski definition) is 3. The first kappa shape index (κ1) is 18.1. The molecule has 0 spiro atoms. The van der Waals surface area contributed by atoms with Crippen molar-refractivity contribution in [3.05, 3.63) is 23.8 Å².